The second kappa shape index (κ2) is 3.93. The van der Waals surface area contributed by atoms with E-state index in [2.05, 4.69) is 6.07 Å². The fourth-order valence-electron chi connectivity index (χ4n) is 1.53. The van der Waals surface area contributed by atoms with Crippen molar-refractivity contribution in [3.8, 4) is 0 Å². The summed E-state index contributed by atoms with van der Waals surface area (Å²) in [7, 11) is 0. The van der Waals surface area contributed by atoms with Crippen LogP contribution in [0.2, 0.25) is 0 Å². The second-order valence-corrected chi connectivity index (χ2v) is 3.50. The Kier molecular flexibility index (Phi) is 3.10. The van der Waals surface area contributed by atoms with Gasteiger partial charge in [0.15, 0.2) is 0 Å². The van der Waals surface area contributed by atoms with E-state index in [4.69, 9.17) is 0 Å². The van der Waals surface area contributed by atoms with E-state index < -0.39 is 5.60 Å². The first kappa shape index (κ1) is 10.3. The van der Waals surface area contributed by atoms with E-state index in [1.165, 1.54) is 0 Å². The third-order valence-corrected chi connectivity index (χ3v) is 2.65. The summed E-state index contributed by atoms with van der Waals surface area (Å²) in [4.78, 5) is 0. The van der Waals surface area contributed by atoms with Crippen LogP contribution in [0.4, 0.5) is 0 Å². The van der Waals surface area contributed by atoms with Gasteiger partial charge in [-0.3, -0.25) is 0 Å². The summed E-state index contributed by atoms with van der Waals surface area (Å²) in [6.45, 7) is 6.01. The van der Waals surface area contributed by atoms with E-state index in [1.54, 1.807) is 0 Å². The topological polar surface area (TPSA) is 20.2 Å². The van der Waals surface area contributed by atoms with Gasteiger partial charge in [-0.25, -0.2) is 0 Å². The van der Waals surface area contributed by atoms with Crippen LogP contribution in [0.1, 0.15) is 37.8 Å². The molecule has 0 aliphatic rings. The predicted octanol–water partition coefficient (Wildman–Crippen LogP) is 2.80. The lowest BCUT2D eigenvalue weighted by Gasteiger charge is -2.25. The van der Waals surface area contributed by atoms with Gasteiger partial charge in [-0.15, -0.1) is 0 Å². The molecule has 1 aromatic rings. The van der Waals surface area contributed by atoms with Crippen LogP contribution in [-0.4, -0.2) is 5.11 Å². The minimum atomic E-state index is -0.653. The number of aliphatic hydroxyl groups is 1. The lowest BCUT2D eigenvalue weighted by atomic mass is 9.88. The summed E-state index contributed by atoms with van der Waals surface area (Å²) in [5.41, 5.74) is 1.44. The van der Waals surface area contributed by atoms with Gasteiger partial charge in [0, 0.05) is 0 Å². The van der Waals surface area contributed by atoms with Crippen molar-refractivity contribution >= 4 is 0 Å². The molecule has 0 aliphatic heterocycles. The van der Waals surface area contributed by atoms with Crippen molar-refractivity contribution in [1.29, 1.82) is 0 Å². The fraction of sp³-hybridized carbons (Fsp3) is 0.500. The molecule has 0 bridgehead atoms. The Labute approximate surface area is 80.4 Å². The molecule has 1 nitrogen and oxygen atoms in total. The summed E-state index contributed by atoms with van der Waals surface area (Å²) in [6.07, 6.45) is 1.51. The van der Waals surface area contributed by atoms with Crippen molar-refractivity contribution in [2.24, 2.45) is 0 Å². The van der Waals surface area contributed by atoms with Crippen molar-refractivity contribution in [2.75, 3.05) is 0 Å². The first-order valence-corrected chi connectivity index (χ1v) is 4.83. The van der Waals surface area contributed by atoms with Gasteiger partial charge in [-0.1, -0.05) is 32.0 Å². The molecule has 13 heavy (non-hydrogen) atoms. The lowest BCUT2D eigenvalue weighted by Crippen LogP contribution is -2.23. The van der Waals surface area contributed by atoms with E-state index in [0.29, 0.717) is 0 Å². The third kappa shape index (κ3) is 2.10. The molecule has 0 fully saturated rings. The standard InChI is InChI=1S/C12H17O/c1-4-12(13,5-2)11-8-6-7-10(3)9-11/h6,8-9,13H,4-5H2,1-3H3. The molecule has 0 unspecified atom stereocenters. The molecule has 1 radical (unpaired) electrons. The minimum Gasteiger partial charge on any atom is -0.385 e. The molecule has 71 valence electrons. The van der Waals surface area contributed by atoms with Crippen LogP contribution in [0.5, 0.6) is 0 Å². The first-order chi connectivity index (χ1) is 6.12. The molecule has 0 saturated heterocycles. The van der Waals surface area contributed by atoms with E-state index in [1.807, 2.05) is 39.0 Å². The molecule has 1 N–H and O–H groups in total. The number of benzene rings is 1. The molecular formula is C12H17O. The molecule has 0 saturated carbocycles. The summed E-state index contributed by atoms with van der Waals surface area (Å²) < 4.78 is 0. The van der Waals surface area contributed by atoms with Crippen LogP contribution in [0.15, 0.2) is 18.2 Å². The van der Waals surface area contributed by atoms with Gasteiger partial charge in [-0.2, -0.15) is 0 Å². The van der Waals surface area contributed by atoms with Gasteiger partial charge in [0.25, 0.3) is 0 Å². The highest BCUT2D eigenvalue weighted by Gasteiger charge is 2.24. The molecule has 0 amide bonds. The number of rotatable bonds is 3. The number of aryl methyl sites for hydroxylation is 1. The Morgan fingerprint density at radius 2 is 2.00 bits per heavy atom. The van der Waals surface area contributed by atoms with Crippen molar-refractivity contribution in [3.05, 3.63) is 35.4 Å². The largest absolute Gasteiger partial charge is 0.385 e. The molecule has 1 rings (SSSR count). The minimum absolute atomic E-state index is 0.653. The highest BCUT2D eigenvalue weighted by Crippen LogP contribution is 2.28. The Hall–Kier alpha value is -0.820. The molecule has 0 atom stereocenters. The zero-order valence-corrected chi connectivity index (χ0v) is 8.59. The van der Waals surface area contributed by atoms with E-state index in [-0.39, 0.29) is 0 Å². The summed E-state index contributed by atoms with van der Waals surface area (Å²) in [5.74, 6) is 0. The van der Waals surface area contributed by atoms with Gasteiger partial charge >= 0.3 is 0 Å². The highest BCUT2D eigenvalue weighted by molar-refractivity contribution is 5.26. The average Bonchev–Trinajstić information content (AvgIpc) is 2.17. The Morgan fingerprint density at radius 3 is 2.46 bits per heavy atom. The van der Waals surface area contributed by atoms with E-state index in [9.17, 15) is 5.11 Å². The monoisotopic (exact) mass is 177 g/mol. The number of hydrogen-bond acceptors (Lipinski definition) is 1. The first-order valence-electron chi connectivity index (χ1n) is 4.83. The van der Waals surface area contributed by atoms with Crippen LogP contribution in [0.25, 0.3) is 0 Å². The van der Waals surface area contributed by atoms with Crippen molar-refractivity contribution < 1.29 is 5.11 Å². The Bertz CT molecular complexity index is 274. The third-order valence-electron chi connectivity index (χ3n) is 2.65. The summed E-state index contributed by atoms with van der Waals surface area (Å²) >= 11 is 0. The zero-order chi connectivity index (χ0) is 9.90. The molecular weight excluding hydrogens is 160 g/mol. The molecule has 1 heteroatoms. The Morgan fingerprint density at radius 1 is 1.38 bits per heavy atom. The van der Waals surface area contributed by atoms with Crippen molar-refractivity contribution in [3.63, 3.8) is 0 Å². The normalized spacial score (nSPS) is 11.7. The molecule has 0 aromatic heterocycles. The van der Waals surface area contributed by atoms with Crippen LogP contribution >= 0.6 is 0 Å². The van der Waals surface area contributed by atoms with Crippen LogP contribution in [0.3, 0.4) is 0 Å². The van der Waals surface area contributed by atoms with Gasteiger partial charge in [0.2, 0.25) is 0 Å². The smallest absolute Gasteiger partial charge is 0.0891 e. The van der Waals surface area contributed by atoms with Crippen molar-refractivity contribution in [2.45, 2.75) is 39.2 Å². The summed E-state index contributed by atoms with van der Waals surface area (Å²) in [5, 5.41) is 10.2. The second-order valence-electron chi connectivity index (χ2n) is 3.50. The lowest BCUT2D eigenvalue weighted by molar-refractivity contribution is 0.0283. The number of hydrogen-bond donors (Lipinski definition) is 1. The Balaban J connectivity index is 3.05. The maximum atomic E-state index is 10.2. The molecule has 0 aliphatic carbocycles. The molecule has 0 spiro atoms. The van der Waals surface area contributed by atoms with Gasteiger partial charge in [0.1, 0.15) is 0 Å². The average molecular weight is 177 g/mol. The maximum absolute atomic E-state index is 10.2. The van der Waals surface area contributed by atoms with Gasteiger partial charge < -0.3 is 5.11 Å². The van der Waals surface area contributed by atoms with Crippen LogP contribution in [0, 0.1) is 13.0 Å². The van der Waals surface area contributed by atoms with Crippen LogP contribution in [-0.2, 0) is 5.60 Å². The quantitative estimate of drug-likeness (QED) is 0.752. The highest BCUT2D eigenvalue weighted by atomic mass is 16.3. The zero-order valence-electron chi connectivity index (χ0n) is 8.59. The van der Waals surface area contributed by atoms with Gasteiger partial charge in [-0.05, 0) is 37.0 Å². The molecule has 0 heterocycles. The van der Waals surface area contributed by atoms with Crippen molar-refractivity contribution in [1.82, 2.24) is 0 Å². The van der Waals surface area contributed by atoms with Gasteiger partial charge in [0.05, 0.1) is 5.60 Å². The predicted molar refractivity (Wildman–Crippen MR) is 54.5 cm³/mol. The SMILES string of the molecule is CCC(O)(CC)c1cc[c]c(C)c1. The van der Waals surface area contributed by atoms with E-state index >= 15 is 0 Å². The molecule has 1 aromatic carbocycles. The van der Waals surface area contributed by atoms with Crippen LogP contribution < -0.4 is 0 Å². The van der Waals surface area contributed by atoms with E-state index in [0.717, 1.165) is 24.0 Å². The maximum Gasteiger partial charge on any atom is 0.0891 e. The summed E-state index contributed by atoms with van der Waals surface area (Å²) in [6, 6.07) is 8.91. The fourth-order valence-corrected chi connectivity index (χ4v) is 1.53.